The average Bonchev–Trinajstić information content (AvgIpc) is 3.34. The van der Waals surface area contributed by atoms with Crippen LogP contribution in [0.5, 0.6) is 23.0 Å². The molecule has 9 nitrogen and oxygen atoms in total. The molecule has 2 N–H and O–H groups in total. The van der Waals surface area contributed by atoms with Crippen molar-refractivity contribution in [1.29, 1.82) is 0 Å². The Labute approximate surface area is 220 Å². The monoisotopic (exact) mass is 520 g/mol. The maximum absolute atomic E-state index is 13.9. The van der Waals surface area contributed by atoms with E-state index >= 15 is 0 Å². The molecule has 200 valence electrons. The number of aryl methyl sites for hydroxylation is 2. The Morgan fingerprint density at radius 3 is 2.34 bits per heavy atom. The van der Waals surface area contributed by atoms with Crippen molar-refractivity contribution < 1.29 is 28.8 Å². The van der Waals surface area contributed by atoms with Gasteiger partial charge in [-0.25, -0.2) is 0 Å². The number of methoxy groups -OCH3 is 4. The summed E-state index contributed by atoms with van der Waals surface area (Å²) >= 11 is 0. The first kappa shape index (κ1) is 26.7. The van der Waals surface area contributed by atoms with E-state index in [0.29, 0.717) is 41.5 Å². The molecule has 2 aromatic heterocycles. The molecule has 4 aromatic rings. The number of benzene rings is 2. The third kappa shape index (κ3) is 5.04. The lowest BCUT2D eigenvalue weighted by Crippen LogP contribution is -2.29. The Morgan fingerprint density at radius 1 is 1.03 bits per heavy atom. The maximum atomic E-state index is 13.9. The molecule has 0 spiro atoms. The fraction of sp³-hybridized carbons (Fsp3) is 0.310. The Bertz CT molecular complexity index is 1490. The predicted molar refractivity (Wildman–Crippen MR) is 144 cm³/mol. The molecule has 38 heavy (non-hydrogen) atoms. The summed E-state index contributed by atoms with van der Waals surface area (Å²) in [5, 5.41) is 12.1. The van der Waals surface area contributed by atoms with Gasteiger partial charge in [0.1, 0.15) is 5.75 Å². The summed E-state index contributed by atoms with van der Waals surface area (Å²) < 4.78 is 22.9. The fourth-order valence-electron chi connectivity index (χ4n) is 4.88. The number of rotatable bonds is 10. The molecule has 0 bridgehead atoms. The number of hydrogen-bond donors (Lipinski definition) is 2. The van der Waals surface area contributed by atoms with Gasteiger partial charge in [-0.05, 0) is 48.7 Å². The largest absolute Gasteiger partial charge is 0.507 e. The number of ether oxygens (including phenoxy) is 4. The Hall–Kier alpha value is -4.40. The number of aromatic amines is 1. The van der Waals surface area contributed by atoms with E-state index in [1.807, 2.05) is 30.5 Å². The molecule has 0 amide bonds. The van der Waals surface area contributed by atoms with Gasteiger partial charge in [-0.2, -0.15) is 0 Å². The van der Waals surface area contributed by atoms with Gasteiger partial charge >= 0.3 is 5.97 Å². The minimum atomic E-state index is -0.830. The first-order valence-electron chi connectivity index (χ1n) is 12.2. The predicted octanol–water partition coefficient (Wildman–Crippen LogP) is 4.31. The minimum Gasteiger partial charge on any atom is -0.507 e. The molecule has 0 aliphatic rings. The van der Waals surface area contributed by atoms with Gasteiger partial charge in [-0.3, -0.25) is 9.59 Å². The molecule has 2 aromatic carbocycles. The number of para-hydroxylation sites is 1. The molecule has 0 aliphatic heterocycles. The summed E-state index contributed by atoms with van der Waals surface area (Å²) in [4.78, 5) is 29.6. The second-order valence-electron chi connectivity index (χ2n) is 8.94. The van der Waals surface area contributed by atoms with Gasteiger partial charge < -0.3 is 33.6 Å². The van der Waals surface area contributed by atoms with Gasteiger partial charge in [0.25, 0.3) is 5.56 Å². The molecular formula is C29H32N2O7. The van der Waals surface area contributed by atoms with Crippen LogP contribution < -0.4 is 19.8 Å². The van der Waals surface area contributed by atoms with Gasteiger partial charge in [-0.15, -0.1) is 0 Å². The second kappa shape index (κ2) is 11.3. The molecule has 0 radical (unpaired) electrons. The Kier molecular flexibility index (Phi) is 7.95. The molecule has 0 aliphatic carbocycles. The maximum Gasteiger partial charge on any atom is 0.306 e. The van der Waals surface area contributed by atoms with Crippen molar-refractivity contribution in [2.75, 3.05) is 28.4 Å². The Morgan fingerprint density at radius 2 is 1.71 bits per heavy atom. The van der Waals surface area contributed by atoms with Crippen LogP contribution in [0.15, 0.2) is 53.5 Å². The highest BCUT2D eigenvalue weighted by atomic mass is 16.5. The van der Waals surface area contributed by atoms with Gasteiger partial charge in [-0.1, -0.05) is 18.2 Å². The zero-order chi connectivity index (χ0) is 27.4. The van der Waals surface area contributed by atoms with Crippen molar-refractivity contribution in [2.24, 2.45) is 0 Å². The number of fused-ring (bicyclic) bond motifs is 1. The number of esters is 1. The van der Waals surface area contributed by atoms with Gasteiger partial charge in [0, 0.05) is 35.3 Å². The summed E-state index contributed by atoms with van der Waals surface area (Å²) in [5.41, 5.74) is 2.96. The summed E-state index contributed by atoms with van der Waals surface area (Å²) in [6.45, 7) is 2.16. The highest BCUT2D eigenvalue weighted by Gasteiger charge is 2.29. The van der Waals surface area contributed by atoms with Crippen molar-refractivity contribution in [3.63, 3.8) is 0 Å². The molecule has 4 rings (SSSR count). The molecule has 0 saturated heterocycles. The zero-order valence-corrected chi connectivity index (χ0v) is 22.2. The molecule has 1 unspecified atom stereocenters. The van der Waals surface area contributed by atoms with Gasteiger partial charge in [0.15, 0.2) is 11.5 Å². The van der Waals surface area contributed by atoms with Crippen molar-refractivity contribution >= 4 is 16.9 Å². The first-order chi connectivity index (χ1) is 18.3. The van der Waals surface area contributed by atoms with Crippen LogP contribution in [0.2, 0.25) is 0 Å². The summed E-state index contributed by atoms with van der Waals surface area (Å²) in [7, 11) is 5.74. The topological polar surface area (TPSA) is 112 Å². The van der Waals surface area contributed by atoms with Crippen LogP contribution in [0.25, 0.3) is 10.9 Å². The number of H-pyrrole nitrogens is 1. The van der Waals surface area contributed by atoms with Crippen LogP contribution in [0, 0.1) is 6.92 Å². The highest BCUT2D eigenvalue weighted by Crippen LogP contribution is 2.43. The lowest BCUT2D eigenvalue weighted by molar-refractivity contribution is -0.140. The third-order valence-corrected chi connectivity index (χ3v) is 6.84. The molecule has 2 heterocycles. The number of pyridine rings is 1. The van der Waals surface area contributed by atoms with E-state index in [-0.39, 0.29) is 23.3 Å². The zero-order valence-electron chi connectivity index (χ0n) is 22.2. The number of carbonyl (C=O) groups excluding carboxylic acids is 1. The van der Waals surface area contributed by atoms with Crippen LogP contribution in [0.3, 0.4) is 0 Å². The van der Waals surface area contributed by atoms with E-state index < -0.39 is 11.9 Å². The number of nitrogens with zero attached hydrogens (tertiary/aromatic N) is 1. The van der Waals surface area contributed by atoms with E-state index in [0.717, 1.165) is 16.5 Å². The van der Waals surface area contributed by atoms with Crippen molar-refractivity contribution in [3.8, 4) is 23.0 Å². The normalized spacial score (nSPS) is 11.8. The number of aromatic hydroxyl groups is 1. The first-order valence-corrected chi connectivity index (χ1v) is 12.2. The SMILES string of the molecule is COC(=O)CC(c1cc(OC)c(OC)c(OC)c1)c1c(O)cc(C)n(CCc2c[nH]c3ccccc23)c1=O. The van der Waals surface area contributed by atoms with Gasteiger partial charge in [0.2, 0.25) is 5.75 Å². The van der Waals surface area contributed by atoms with E-state index in [2.05, 4.69) is 4.98 Å². The molecule has 0 fully saturated rings. The number of hydrogen-bond acceptors (Lipinski definition) is 7. The molecular weight excluding hydrogens is 488 g/mol. The number of nitrogens with one attached hydrogen (secondary N) is 1. The van der Waals surface area contributed by atoms with E-state index in [9.17, 15) is 14.7 Å². The average molecular weight is 521 g/mol. The minimum absolute atomic E-state index is 0.0919. The summed E-state index contributed by atoms with van der Waals surface area (Å²) in [5.74, 6) is -0.457. The number of carbonyl (C=O) groups is 1. The van der Waals surface area contributed by atoms with Crippen LogP contribution in [0.4, 0.5) is 0 Å². The van der Waals surface area contributed by atoms with Crippen LogP contribution in [0.1, 0.15) is 34.7 Å². The van der Waals surface area contributed by atoms with E-state index in [1.54, 1.807) is 29.7 Å². The van der Waals surface area contributed by atoms with Crippen molar-refractivity contribution in [2.45, 2.75) is 32.2 Å². The fourth-order valence-corrected chi connectivity index (χ4v) is 4.88. The molecule has 9 heteroatoms. The second-order valence-corrected chi connectivity index (χ2v) is 8.94. The summed E-state index contributed by atoms with van der Waals surface area (Å²) in [6.07, 6.45) is 2.37. The van der Waals surface area contributed by atoms with Crippen LogP contribution >= 0.6 is 0 Å². The van der Waals surface area contributed by atoms with Crippen molar-refractivity contribution in [1.82, 2.24) is 9.55 Å². The Balaban J connectivity index is 1.81. The van der Waals surface area contributed by atoms with E-state index in [1.165, 1.54) is 28.4 Å². The smallest absolute Gasteiger partial charge is 0.306 e. The van der Waals surface area contributed by atoms with Crippen molar-refractivity contribution in [3.05, 3.63) is 81.4 Å². The summed E-state index contributed by atoms with van der Waals surface area (Å²) in [6, 6.07) is 12.9. The molecule has 1 atom stereocenters. The third-order valence-electron chi connectivity index (χ3n) is 6.84. The lowest BCUT2D eigenvalue weighted by atomic mass is 9.87. The van der Waals surface area contributed by atoms with E-state index in [4.69, 9.17) is 18.9 Å². The van der Waals surface area contributed by atoms with Crippen LogP contribution in [-0.2, 0) is 22.5 Å². The van der Waals surface area contributed by atoms with Crippen LogP contribution in [-0.4, -0.2) is 49.1 Å². The number of aromatic nitrogens is 2. The quantitative estimate of drug-likeness (QED) is 0.300. The van der Waals surface area contributed by atoms with Gasteiger partial charge in [0.05, 0.1) is 40.4 Å². The lowest BCUT2D eigenvalue weighted by Gasteiger charge is -2.22. The highest BCUT2D eigenvalue weighted by molar-refractivity contribution is 5.83. The standard InChI is InChI=1S/C29H32N2O7/c1-17-12-23(32)27(29(34)31(17)11-10-18-16-30-22-9-7-6-8-20(18)22)21(15-26(33)37-4)19-13-24(35-2)28(38-5)25(14-19)36-3/h6-9,12-14,16,21,30,32H,10-11,15H2,1-5H3. The molecule has 0 saturated carbocycles.